The predicted octanol–water partition coefficient (Wildman–Crippen LogP) is 4.61. The van der Waals surface area contributed by atoms with Gasteiger partial charge in [0.25, 0.3) is 0 Å². The number of nitrogens with two attached hydrogens (primary N) is 1. The fraction of sp³-hybridized carbons (Fsp3) is 0.667. The van der Waals surface area contributed by atoms with E-state index >= 15 is 0 Å². The molecule has 2 rings (SSSR count). The maximum Gasteiger partial charge on any atom is 0.0420 e. The zero-order valence-electron chi connectivity index (χ0n) is 13.4. The van der Waals surface area contributed by atoms with Gasteiger partial charge in [-0.3, -0.25) is 0 Å². The van der Waals surface area contributed by atoms with Gasteiger partial charge in [0.1, 0.15) is 0 Å². The van der Waals surface area contributed by atoms with Crippen LogP contribution >= 0.6 is 0 Å². The van der Waals surface area contributed by atoms with Gasteiger partial charge in [0.2, 0.25) is 0 Å². The van der Waals surface area contributed by atoms with Gasteiger partial charge in [-0.15, -0.1) is 0 Å². The lowest BCUT2D eigenvalue weighted by Gasteiger charge is -2.46. The minimum Gasteiger partial charge on any atom is -0.321 e. The van der Waals surface area contributed by atoms with Crippen molar-refractivity contribution < 1.29 is 0 Å². The topological polar surface area (TPSA) is 26.0 Å². The van der Waals surface area contributed by atoms with Crippen molar-refractivity contribution in [2.45, 2.75) is 66.3 Å². The van der Waals surface area contributed by atoms with Crippen molar-refractivity contribution in [2.24, 2.45) is 17.1 Å². The van der Waals surface area contributed by atoms with E-state index in [1.165, 1.54) is 28.7 Å². The van der Waals surface area contributed by atoms with Crippen LogP contribution in [0.4, 0.5) is 0 Å². The van der Waals surface area contributed by atoms with Crippen molar-refractivity contribution >= 4 is 0 Å². The maximum absolute atomic E-state index is 6.87. The second kappa shape index (κ2) is 4.63. The van der Waals surface area contributed by atoms with Crippen LogP contribution in [0.2, 0.25) is 0 Å². The van der Waals surface area contributed by atoms with E-state index in [2.05, 4.69) is 53.7 Å². The molecule has 0 radical (unpaired) electrons. The molecule has 19 heavy (non-hydrogen) atoms. The van der Waals surface area contributed by atoms with E-state index in [-0.39, 0.29) is 5.54 Å². The molecule has 0 saturated heterocycles. The van der Waals surface area contributed by atoms with Gasteiger partial charge >= 0.3 is 0 Å². The third-order valence-corrected chi connectivity index (χ3v) is 4.78. The van der Waals surface area contributed by atoms with Crippen LogP contribution in [0.5, 0.6) is 0 Å². The fourth-order valence-electron chi connectivity index (χ4n) is 4.34. The molecule has 1 aromatic carbocycles. The Hall–Kier alpha value is -0.820. The Labute approximate surface area is 118 Å². The van der Waals surface area contributed by atoms with Crippen LogP contribution in [0.25, 0.3) is 0 Å². The highest BCUT2D eigenvalue weighted by Crippen LogP contribution is 2.48. The van der Waals surface area contributed by atoms with Crippen molar-refractivity contribution in [1.29, 1.82) is 0 Å². The van der Waals surface area contributed by atoms with Crippen LogP contribution in [0.3, 0.4) is 0 Å². The molecule has 0 heterocycles. The van der Waals surface area contributed by atoms with Crippen molar-refractivity contribution in [2.75, 3.05) is 0 Å². The summed E-state index contributed by atoms with van der Waals surface area (Å²) in [6, 6.07) is 4.63. The standard InChI is InChI=1S/C18H29N/c1-12-9-17(5,6)11-18(19,10-12)16-8-14(3)13(2)7-15(16)4/h7-8,12H,9-11,19H2,1-6H3. The molecule has 0 aromatic heterocycles. The van der Waals surface area contributed by atoms with Gasteiger partial charge in [0, 0.05) is 5.54 Å². The third-order valence-electron chi connectivity index (χ3n) is 4.78. The Balaban J connectivity index is 2.47. The summed E-state index contributed by atoms with van der Waals surface area (Å²) in [5.41, 5.74) is 12.5. The molecule has 1 aromatic rings. The number of aryl methyl sites for hydroxylation is 3. The molecular weight excluding hydrogens is 230 g/mol. The van der Waals surface area contributed by atoms with E-state index < -0.39 is 0 Å². The maximum atomic E-state index is 6.87. The second-order valence-electron chi connectivity index (χ2n) is 7.76. The quantitative estimate of drug-likeness (QED) is 0.783. The summed E-state index contributed by atoms with van der Waals surface area (Å²) in [6.07, 6.45) is 3.49. The van der Waals surface area contributed by atoms with Crippen molar-refractivity contribution in [3.63, 3.8) is 0 Å². The van der Waals surface area contributed by atoms with Crippen LogP contribution in [0, 0.1) is 32.1 Å². The largest absolute Gasteiger partial charge is 0.321 e. The number of hydrogen-bond donors (Lipinski definition) is 1. The van der Waals surface area contributed by atoms with Gasteiger partial charge in [-0.25, -0.2) is 0 Å². The van der Waals surface area contributed by atoms with Crippen LogP contribution in [-0.2, 0) is 5.54 Å². The minimum atomic E-state index is -0.149. The fourth-order valence-corrected chi connectivity index (χ4v) is 4.34. The van der Waals surface area contributed by atoms with Crippen molar-refractivity contribution in [1.82, 2.24) is 0 Å². The Morgan fingerprint density at radius 3 is 2.16 bits per heavy atom. The van der Waals surface area contributed by atoms with Crippen LogP contribution in [0.1, 0.15) is 62.3 Å². The normalized spacial score (nSPS) is 30.4. The first-order valence-electron chi connectivity index (χ1n) is 7.50. The van der Waals surface area contributed by atoms with Crippen LogP contribution in [-0.4, -0.2) is 0 Å². The van der Waals surface area contributed by atoms with E-state index in [0.717, 1.165) is 12.8 Å². The smallest absolute Gasteiger partial charge is 0.0420 e. The highest BCUT2D eigenvalue weighted by atomic mass is 14.8. The van der Waals surface area contributed by atoms with E-state index in [9.17, 15) is 0 Å². The summed E-state index contributed by atoms with van der Waals surface area (Å²) >= 11 is 0. The molecule has 2 atom stereocenters. The molecule has 1 heteroatoms. The van der Waals surface area contributed by atoms with Gasteiger partial charge in [0.15, 0.2) is 0 Å². The lowest BCUT2D eigenvalue weighted by Crippen LogP contribution is -2.47. The average molecular weight is 259 g/mol. The van der Waals surface area contributed by atoms with Gasteiger partial charge in [-0.05, 0) is 73.6 Å². The summed E-state index contributed by atoms with van der Waals surface area (Å²) in [6.45, 7) is 13.7. The molecular formula is C18H29N. The SMILES string of the molecule is Cc1cc(C)c(C2(N)CC(C)CC(C)(C)C2)cc1C. The molecule has 2 unspecified atom stereocenters. The monoisotopic (exact) mass is 259 g/mol. The number of hydrogen-bond acceptors (Lipinski definition) is 1. The Kier molecular flexibility index (Phi) is 3.55. The molecule has 0 bridgehead atoms. The first kappa shape index (κ1) is 14.6. The highest BCUT2D eigenvalue weighted by Gasteiger charge is 2.41. The second-order valence-corrected chi connectivity index (χ2v) is 7.76. The van der Waals surface area contributed by atoms with E-state index in [4.69, 9.17) is 5.73 Å². The summed E-state index contributed by atoms with van der Waals surface area (Å²) < 4.78 is 0. The van der Waals surface area contributed by atoms with Crippen LogP contribution < -0.4 is 5.73 Å². The van der Waals surface area contributed by atoms with Crippen LogP contribution in [0.15, 0.2) is 12.1 Å². The summed E-state index contributed by atoms with van der Waals surface area (Å²) in [7, 11) is 0. The van der Waals surface area contributed by atoms with E-state index in [1.54, 1.807) is 0 Å². The molecule has 106 valence electrons. The summed E-state index contributed by atoms with van der Waals surface area (Å²) in [4.78, 5) is 0. The van der Waals surface area contributed by atoms with Crippen molar-refractivity contribution in [3.8, 4) is 0 Å². The number of benzene rings is 1. The molecule has 2 N–H and O–H groups in total. The summed E-state index contributed by atoms with van der Waals surface area (Å²) in [5.74, 6) is 0.703. The van der Waals surface area contributed by atoms with Gasteiger partial charge in [0.05, 0.1) is 0 Å². The van der Waals surface area contributed by atoms with Crippen molar-refractivity contribution in [3.05, 3.63) is 34.4 Å². The van der Waals surface area contributed by atoms with Gasteiger partial charge in [-0.1, -0.05) is 32.9 Å². The summed E-state index contributed by atoms with van der Waals surface area (Å²) in [5, 5.41) is 0. The number of rotatable bonds is 1. The minimum absolute atomic E-state index is 0.149. The zero-order chi connectivity index (χ0) is 14.4. The zero-order valence-corrected chi connectivity index (χ0v) is 13.4. The van der Waals surface area contributed by atoms with Gasteiger partial charge in [-0.2, -0.15) is 0 Å². The first-order valence-corrected chi connectivity index (χ1v) is 7.50. The third kappa shape index (κ3) is 2.86. The Morgan fingerprint density at radius 2 is 1.58 bits per heavy atom. The average Bonchev–Trinajstić information content (AvgIpc) is 2.19. The Bertz CT molecular complexity index is 487. The Morgan fingerprint density at radius 1 is 1.00 bits per heavy atom. The lowest BCUT2D eigenvalue weighted by atomic mass is 9.62. The van der Waals surface area contributed by atoms with E-state index in [0.29, 0.717) is 11.3 Å². The van der Waals surface area contributed by atoms with Gasteiger partial charge < -0.3 is 5.73 Å². The highest BCUT2D eigenvalue weighted by molar-refractivity contribution is 5.41. The molecule has 0 spiro atoms. The molecule has 1 saturated carbocycles. The van der Waals surface area contributed by atoms with E-state index in [1.807, 2.05) is 0 Å². The molecule has 1 aliphatic rings. The molecule has 1 fully saturated rings. The molecule has 1 nitrogen and oxygen atoms in total. The molecule has 0 amide bonds. The predicted molar refractivity (Wildman–Crippen MR) is 83.3 cm³/mol. The molecule has 1 aliphatic carbocycles. The first-order chi connectivity index (χ1) is 8.63. The lowest BCUT2D eigenvalue weighted by molar-refractivity contribution is 0.107. The molecule has 0 aliphatic heterocycles.